The third-order valence-corrected chi connectivity index (χ3v) is 5.14. The Morgan fingerprint density at radius 3 is 0.378 bits per heavy atom. The molecular weight excluding hydrogens is 699 g/mol. The van der Waals surface area contributed by atoms with Gasteiger partial charge in [0, 0.05) is 114 Å². The Bertz CT molecular complexity index is 500. The van der Waals surface area contributed by atoms with Crippen LogP contribution in [-0.4, -0.2) is 163 Å². The largest absolute Gasteiger partial charge is 4.00 e. The van der Waals surface area contributed by atoms with Crippen LogP contribution in [0.5, 0.6) is 0 Å². The van der Waals surface area contributed by atoms with E-state index in [2.05, 4.69) is 75.8 Å². The van der Waals surface area contributed by atoms with Gasteiger partial charge in [-0.3, -0.25) is 0 Å². The van der Waals surface area contributed by atoms with E-state index in [1.54, 1.807) is 0 Å². The van der Waals surface area contributed by atoms with E-state index in [0.717, 1.165) is 0 Å². The topological polar surface area (TPSA) is 240 Å². The van der Waals surface area contributed by atoms with Gasteiger partial charge in [0.05, 0.1) is 0 Å². The van der Waals surface area contributed by atoms with E-state index in [9.17, 15) is 20.4 Å². The van der Waals surface area contributed by atoms with Gasteiger partial charge >= 0.3 is 26.2 Å². The molecular formula is C24H52O20Zr. The molecule has 0 radical (unpaired) electrons. The van der Waals surface area contributed by atoms with Crippen molar-refractivity contribution in [3.8, 4) is 0 Å². The van der Waals surface area contributed by atoms with E-state index in [0.29, 0.717) is 0 Å². The zero-order chi connectivity index (χ0) is 35.6. The van der Waals surface area contributed by atoms with Gasteiger partial charge in [-0.05, 0) is 0 Å². The van der Waals surface area contributed by atoms with Gasteiger partial charge in [-0.2, -0.15) is 0 Å². The molecule has 272 valence electrons. The van der Waals surface area contributed by atoms with Gasteiger partial charge in [-0.1, -0.05) is 0 Å². The first-order chi connectivity index (χ1) is 20.6. The fourth-order valence-electron chi connectivity index (χ4n) is 2.64. The molecule has 21 heteroatoms. The molecule has 45 heavy (non-hydrogen) atoms. The Morgan fingerprint density at radius 2 is 0.356 bits per heavy atom. The van der Waals surface area contributed by atoms with Crippen molar-refractivity contribution in [2.45, 2.75) is 49.1 Å². The molecule has 0 aliphatic carbocycles. The number of ether oxygens (including phenoxy) is 16. The summed E-state index contributed by atoms with van der Waals surface area (Å²) in [5.74, 6) is -8.38. The third-order valence-electron chi connectivity index (χ3n) is 5.14. The molecule has 0 aliphatic rings. The second-order valence-electron chi connectivity index (χ2n) is 7.26. The van der Waals surface area contributed by atoms with Crippen molar-refractivity contribution in [3.63, 3.8) is 0 Å². The molecule has 0 unspecified atom stereocenters. The van der Waals surface area contributed by atoms with Crippen LogP contribution in [-0.2, 0) is 102 Å². The number of rotatable bonds is 20. The molecule has 0 amide bonds. The zero-order valence-electron chi connectivity index (χ0n) is 29.0. The van der Waals surface area contributed by atoms with Gasteiger partial charge in [0.1, 0.15) is 23.9 Å². The van der Waals surface area contributed by atoms with Crippen LogP contribution in [0.25, 0.3) is 0 Å². The van der Waals surface area contributed by atoms with Crippen LogP contribution in [0.3, 0.4) is 0 Å². The van der Waals surface area contributed by atoms with E-state index in [4.69, 9.17) is 0 Å². The second kappa shape index (κ2) is 30.2. The summed E-state index contributed by atoms with van der Waals surface area (Å²) < 4.78 is 73.3. The van der Waals surface area contributed by atoms with Crippen LogP contribution in [0.4, 0.5) is 0 Å². The summed E-state index contributed by atoms with van der Waals surface area (Å²) >= 11 is 0. The Morgan fingerprint density at radius 1 is 0.267 bits per heavy atom. The van der Waals surface area contributed by atoms with E-state index >= 15 is 0 Å². The van der Waals surface area contributed by atoms with Gasteiger partial charge in [0.2, 0.25) is 0 Å². The van der Waals surface area contributed by atoms with Gasteiger partial charge in [-0.15, -0.1) is 0 Å². The standard InChI is InChI=1S/4C6H13O5.Zr/c4*1-8-5(9-2)6(7,10-3)11-4;/h4*5H,1-4H3;/q4*-1;+4. The number of methoxy groups -OCH3 is 16. The minimum Gasteiger partial charge on any atom is -0.803 e. The van der Waals surface area contributed by atoms with Crippen LogP contribution >= 0.6 is 0 Å². The van der Waals surface area contributed by atoms with Crippen molar-refractivity contribution < 1.29 is 122 Å². The molecule has 0 saturated carbocycles. The fraction of sp³-hybridized carbons (Fsp3) is 1.00. The van der Waals surface area contributed by atoms with Gasteiger partial charge < -0.3 is 96.2 Å². The Labute approximate surface area is 284 Å². The minimum absolute atomic E-state index is 0. The zero-order valence-corrected chi connectivity index (χ0v) is 31.4. The maximum absolute atomic E-state index is 11.3. The summed E-state index contributed by atoms with van der Waals surface area (Å²) in [7, 11) is 20.4. The predicted octanol–water partition coefficient (Wildman–Crippen LogP) is -4.35. The van der Waals surface area contributed by atoms with E-state index < -0.39 is 49.1 Å². The van der Waals surface area contributed by atoms with Gasteiger partial charge in [0.15, 0.2) is 25.2 Å². The van der Waals surface area contributed by atoms with Crippen LogP contribution in [0.2, 0.25) is 0 Å². The SMILES string of the molecule is COC(OC)C([O-])(OC)OC.COC(OC)C([O-])(OC)OC.COC(OC)C([O-])(OC)OC.COC(OC)C([O-])(OC)OC.[Zr+4]. The van der Waals surface area contributed by atoms with E-state index in [1.165, 1.54) is 114 Å². The quantitative estimate of drug-likeness (QED) is 0.107. The number of hydrogen-bond acceptors (Lipinski definition) is 20. The first-order valence-corrected chi connectivity index (χ1v) is 12.0. The van der Waals surface area contributed by atoms with E-state index in [-0.39, 0.29) is 26.2 Å². The van der Waals surface area contributed by atoms with Gasteiger partial charge in [-0.25, -0.2) is 0 Å². The molecule has 0 atom stereocenters. The molecule has 0 spiro atoms. The van der Waals surface area contributed by atoms with Crippen molar-refractivity contribution in [1.82, 2.24) is 0 Å². The average Bonchev–Trinajstić information content (AvgIpc) is 3.06. The summed E-state index contributed by atoms with van der Waals surface area (Å²) in [5, 5.41) is 45.2. The molecule has 0 aromatic carbocycles. The molecule has 0 fully saturated rings. The Kier molecular flexibility index (Phi) is 36.6. The van der Waals surface area contributed by atoms with Crippen molar-refractivity contribution in [2.75, 3.05) is 114 Å². The maximum atomic E-state index is 11.3. The molecule has 0 rings (SSSR count). The Hall–Kier alpha value is 0.0831. The maximum Gasteiger partial charge on any atom is 4.00 e. The Balaban J connectivity index is -0.000000157. The van der Waals surface area contributed by atoms with Crippen LogP contribution in [0, 0.1) is 0 Å². The molecule has 0 saturated heterocycles. The van der Waals surface area contributed by atoms with Crippen LogP contribution in [0.1, 0.15) is 0 Å². The number of hydrogen-bond donors (Lipinski definition) is 0. The summed E-state index contributed by atoms with van der Waals surface area (Å²) in [6.07, 6.45) is -4.29. The van der Waals surface area contributed by atoms with Crippen molar-refractivity contribution in [1.29, 1.82) is 0 Å². The van der Waals surface area contributed by atoms with Crippen molar-refractivity contribution in [2.24, 2.45) is 0 Å². The molecule has 0 aromatic rings. The first kappa shape index (κ1) is 54.5. The normalized spacial score (nSPS) is 12.3. The molecule has 0 heterocycles. The molecule has 0 aromatic heterocycles. The van der Waals surface area contributed by atoms with Crippen LogP contribution < -0.4 is 20.4 Å². The van der Waals surface area contributed by atoms with Crippen LogP contribution in [0.15, 0.2) is 0 Å². The fourth-order valence-corrected chi connectivity index (χ4v) is 2.64. The average molecular weight is 752 g/mol. The molecule has 0 N–H and O–H groups in total. The summed E-state index contributed by atoms with van der Waals surface area (Å²) in [4.78, 5) is 0. The minimum atomic E-state index is -2.09. The molecule has 0 aliphatic heterocycles. The van der Waals surface area contributed by atoms with E-state index in [1.807, 2.05) is 0 Å². The summed E-state index contributed by atoms with van der Waals surface area (Å²) in [6, 6.07) is 0. The summed E-state index contributed by atoms with van der Waals surface area (Å²) in [6.45, 7) is 0. The molecule has 20 nitrogen and oxygen atoms in total. The predicted molar refractivity (Wildman–Crippen MR) is 138 cm³/mol. The van der Waals surface area contributed by atoms with Gasteiger partial charge in [0.25, 0.3) is 0 Å². The molecule has 0 bridgehead atoms. The van der Waals surface area contributed by atoms with Crippen molar-refractivity contribution >= 4 is 0 Å². The monoisotopic (exact) mass is 750 g/mol. The smallest absolute Gasteiger partial charge is 0.803 e. The van der Waals surface area contributed by atoms with Crippen molar-refractivity contribution in [3.05, 3.63) is 0 Å². The first-order valence-electron chi connectivity index (χ1n) is 12.0. The third kappa shape index (κ3) is 19.0. The summed E-state index contributed by atoms with van der Waals surface area (Å²) in [5.41, 5.74) is 0. The second-order valence-corrected chi connectivity index (χ2v) is 7.26.